The molecule has 15 nitrogen and oxygen atoms in total. The SMILES string of the molecule is [CH-]=CPC(=O)O.[CH-]=CPC(=O)OCC(=O)c1ccc(-c2ccc(-c3cnc(PC=[CH-])[nH]3)cc2)cc1.[CH-]=CPc1ncc(-c2ccc(-c3ccc(-c4cnc(PC=[CH-])[nH]4)cc3)cc2)[nH]1.[CH-]=CPc1ncc(-c2ccc(-c3ccc(C(=O)CN)cc3)cc2)[nH]1.[CH3-].[CH3-].[CH3-].[CH3-].[CH3-].[CH3-].[V+2].[V+2].[V+2].[V+2].[V+2].[V+2]. The zero-order chi connectivity index (χ0) is 61.9. The summed E-state index contributed by atoms with van der Waals surface area (Å²) in [6.45, 7) is 31.5. The third-order valence-corrected chi connectivity index (χ3v) is 16.0. The average molecular weight is 1650 g/mol. The molecular weight excluding hydrogens is 1580 g/mol. The van der Waals surface area contributed by atoms with Crippen molar-refractivity contribution in [3.05, 3.63) is 300 Å². The predicted octanol–water partition coefficient (Wildman–Crippen LogP) is 16.7. The number of nitrogens with one attached hydrogen (secondary N) is 4. The number of carbonyl (C=O) groups is 4. The van der Waals surface area contributed by atoms with Crippen LogP contribution in [0.1, 0.15) is 20.7 Å². The Balaban J connectivity index is -0.000000298. The molecule has 0 amide bonds. The Morgan fingerprint density at radius 2 is 0.586 bits per heavy atom. The fourth-order valence-electron chi connectivity index (χ4n) is 8.06. The molecule has 0 spiro atoms. The number of ketones is 2. The minimum absolute atomic E-state index is 0. The van der Waals surface area contributed by atoms with Crippen molar-refractivity contribution in [2.24, 2.45) is 5.73 Å². The molecule has 10 aromatic rings. The Morgan fingerprint density at radius 1 is 0.364 bits per heavy atom. The first-order chi connectivity index (χ1) is 42.3. The number of benzene rings is 6. The number of nitrogens with two attached hydrogens (primary N) is 1. The van der Waals surface area contributed by atoms with Crippen molar-refractivity contribution in [2.75, 3.05) is 13.2 Å². The van der Waals surface area contributed by atoms with Crippen LogP contribution in [-0.4, -0.2) is 81.1 Å². The summed E-state index contributed by atoms with van der Waals surface area (Å²) in [5.74, 6) is 8.47. The van der Waals surface area contributed by atoms with E-state index in [1.165, 1.54) is 5.82 Å². The number of H-pyrrole nitrogens is 4. The van der Waals surface area contributed by atoms with E-state index in [2.05, 4.69) is 88.4 Å². The summed E-state index contributed by atoms with van der Waals surface area (Å²) >= 11 is 0. The number of hydrogen-bond donors (Lipinski definition) is 6. The maximum atomic E-state index is 12.1. The van der Waals surface area contributed by atoms with E-state index in [-0.39, 0.29) is 198 Å². The second-order valence-corrected chi connectivity index (χ2v) is 24.3. The number of Topliss-reactive ketones (excluding diaryl/α,β-unsaturated/α-hetero) is 2. The van der Waals surface area contributed by atoms with Gasteiger partial charge in [0.25, 0.3) is 0 Å². The molecule has 0 fully saturated rings. The van der Waals surface area contributed by atoms with E-state index in [9.17, 15) is 19.2 Å². The monoisotopic (exact) mass is 1650 g/mol. The Morgan fingerprint density at radius 3 is 0.788 bits per heavy atom. The molecule has 4 heterocycles. The summed E-state index contributed by atoms with van der Waals surface area (Å²) in [4.78, 5) is 74.9. The number of carboxylic acid groups (broad SMARTS) is 1. The first-order valence-corrected chi connectivity index (χ1v) is 32.6. The quantitative estimate of drug-likeness (QED) is 0.0189. The van der Waals surface area contributed by atoms with Gasteiger partial charge in [-0.3, -0.25) is 9.59 Å². The van der Waals surface area contributed by atoms with Gasteiger partial charge in [-0.05, 0) is 72.8 Å². The van der Waals surface area contributed by atoms with Gasteiger partial charge in [0.15, 0.2) is 18.2 Å². The number of carbonyl (C=O) groups excluding carboxylic acids is 3. The molecule has 10 rings (SSSR count). The van der Waals surface area contributed by atoms with Crippen LogP contribution in [0.25, 0.3) is 78.4 Å². The van der Waals surface area contributed by atoms with Crippen LogP contribution in [0.15, 0.2) is 205 Å². The summed E-state index contributed by atoms with van der Waals surface area (Å²) < 4.78 is 4.88. The van der Waals surface area contributed by atoms with Crippen LogP contribution in [0.2, 0.25) is 0 Å². The second kappa shape index (κ2) is 56.5. The molecule has 0 saturated heterocycles. The summed E-state index contributed by atoms with van der Waals surface area (Å²) in [7, 11) is 0.977. The van der Waals surface area contributed by atoms with Crippen molar-refractivity contribution in [3.63, 3.8) is 0 Å². The van der Waals surface area contributed by atoms with Crippen LogP contribution >= 0.6 is 51.5 Å². The predicted molar refractivity (Wildman–Crippen MR) is 403 cm³/mol. The minimum atomic E-state index is -0.863. The standard InChI is InChI=1S/C22H18N4P2.C22H18N2O3P2.C19H17N3OP.C3H4O2P.6CH3.6V/c1-3-27-21-23-13-19(25-21)17-9-5-15(6-10-17)16-7-11-18(12-8-16)20-14-24-22(26-20)28-4-2;1-3-28-21-23-13-19(24-21)17-9-5-15(6-10-17)16-7-11-18(12-8-16)20(25)14-27-22(26)29-4-2;1-2-24-19-21-12-17(22-19)15-7-3-13(4-8-15)14-5-9-16(10-6-14)18(23)11-20;1-2-6-3(4)5;;;;;;;;;;;;/h1-14,27-28H,(H,23,25)(H,24,26);1-13,28-29H,14H2,(H,23,24);1-10,12,24H,11,20H2,(H,21,22);1-2,6H,(H,4,5);6*1H3;;;;;;/q2*-2;8*-1;6*+2. The Kier molecular flexibility index (Phi) is 59.8. The van der Waals surface area contributed by atoms with Crippen LogP contribution < -0.4 is 28.0 Å². The smallest absolute Gasteiger partial charge is 0.513 e. The molecular formula is C72H75N9O6P6V6. The fourth-order valence-corrected chi connectivity index (χ4v) is 10.5. The van der Waals surface area contributed by atoms with Crippen LogP contribution in [0.4, 0.5) is 9.59 Å². The van der Waals surface area contributed by atoms with Gasteiger partial charge in [-0.2, -0.15) is 0 Å². The van der Waals surface area contributed by atoms with E-state index in [0.29, 0.717) is 45.4 Å². The maximum absolute atomic E-state index is 12.1. The first kappa shape index (κ1) is 105. The zero-order valence-electron chi connectivity index (χ0n) is 55.0. The molecule has 0 aliphatic carbocycles. The van der Waals surface area contributed by atoms with Crippen molar-refractivity contribution < 1.29 is 140 Å². The molecule has 0 aliphatic rings. The molecule has 6 radical (unpaired) electrons. The summed E-state index contributed by atoms with van der Waals surface area (Å²) in [5.41, 5.74) is 23.3. The number of hydrogen-bond acceptors (Lipinski definition) is 10. The molecule has 0 aliphatic heterocycles. The number of imidazole rings is 4. The number of rotatable bonds is 24. The molecule has 7 N–H and O–H groups in total. The maximum Gasteiger partial charge on any atom is 2.00 e. The van der Waals surface area contributed by atoms with Crippen LogP contribution in [0.3, 0.4) is 0 Å². The van der Waals surface area contributed by atoms with E-state index in [1.807, 2.05) is 104 Å². The van der Waals surface area contributed by atoms with Gasteiger partial charge >= 0.3 is 123 Å². The number of aromatic nitrogens is 8. The number of nitrogens with zero attached hydrogens (tertiary/aromatic N) is 4. The summed E-state index contributed by atoms with van der Waals surface area (Å²) in [6.07, 6.45) is 7.29. The molecule has 27 heteroatoms. The molecule has 6 aromatic carbocycles. The molecule has 4 aromatic heterocycles. The molecule has 504 valence electrons. The first-order valence-electron chi connectivity index (χ1n) is 26.1. The van der Waals surface area contributed by atoms with E-state index in [1.54, 1.807) is 41.6 Å². The van der Waals surface area contributed by atoms with E-state index >= 15 is 0 Å². The Bertz CT molecular complexity index is 3900. The largest absolute Gasteiger partial charge is 2.00 e. The van der Waals surface area contributed by atoms with Crippen LogP contribution in [0.5, 0.6) is 0 Å². The molecule has 6 atom stereocenters. The fraction of sp³-hybridized carbons (Fsp3) is 0.0278. The Labute approximate surface area is 668 Å². The van der Waals surface area contributed by atoms with Gasteiger partial charge in [-0.15, -0.1) is 0 Å². The van der Waals surface area contributed by atoms with Crippen LogP contribution in [0, 0.1) is 84.0 Å². The summed E-state index contributed by atoms with van der Waals surface area (Å²) in [6, 6.07) is 47.8. The molecule has 99 heavy (non-hydrogen) atoms. The zero-order valence-corrected chi connectivity index (χ0v) is 69.4. The van der Waals surface area contributed by atoms with E-state index < -0.39 is 11.4 Å². The third kappa shape index (κ3) is 33.3. The van der Waals surface area contributed by atoms with Crippen molar-refractivity contribution in [1.29, 1.82) is 0 Å². The van der Waals surface area contributed by atoms with Crippen molar-refractivity contribution >= 4 is 96.7 Å². The van der Waals surface area contributed by atoms with Gasteiger partial charge in [0.05, 0.1) is 54.1 Å². The molecule has 0 bridgehead atoms. The Hall–Kier alpha value is -5.07. The average Bonchev–Trinajstić information content (AvgIpc) is 1.87. The van der Waals surface area contributed by atoms with Gasteiger partial charge in [-0.1, -0.05) is 180 Å². The van der Waals surface area contributed by atoms with Gasteiger partial charge in [0.2, 0.25) is 0 Å². The van der Waals surface area contributed by atoms with E-state index in [4.69, 9.17) is 55.1 Å². The normalized spacial score (nSPS) is 9.79. The topological polar surface area (TPSA) is 238 Å². The molecule has 0 saturated carbocycles. The van der Waals surface area contributed by atoms with Crippen molar-refractivity contribution in [2.45, 2.75) is 0 Å². The summed E-state index contributed by atoms with van der Waals surface area (Å²) in [5, 5.41) is 7.81. The van der Waals surface area contributed by atoms with Crippen molar-refractivity contribution in [3.8, 4) is 78.4 Å². The molecule has 6 unspecified atom stereocenters. The van der Waals surface area contributed by atoms with Crippen molar-refractivity contribution in [1.82, 2.24) is 39.9 Å². The number of aromatic amines is 4. The van der Waals surface area contributed by atoms with Gasteiger partial charge < -0.3 is 120 Å². The van der Waals surface area contributed by atoms with Crippen LogP contribution in [-0.2, 0) is 116 Å². The third-order valence-electron chi connectivity index (χ3n) is 12.3. The number of ether oxygens (including phenoxy) is 1. The minimum Gasteiger partial charge on any atom is -0.513 e. The second-order valence-electron chi connectivity index (χ2n) is 17.8. The van der Waals surface area contributed by atoms with Gasteiger partial charge in [0.1, 0.15) is 22.3 Å². The van der Waals surface area contributed by atoms with Gasteiger partial charge in [0, 0.05) is 11.1 Å². The van der Waals surface area contributed by atoms with E-state index in [0.717, 1.165) is 106 Å². The van der Waals surface area contributed by atoms with Gasteiger partial charge in [-0.25, -0.2) is 64.4 Å².